The number of hydrogen-bond acceptors (Lipinski definition) is 5. The normalized spacial score (nSPS) is 23.2. The van der Waals surface area contributed by atoms with Crippen molar-refractivity contribution < 1.29 is 0 Å². The van der Waals surface area contributed by atoms with Crippen LogP contribution in [0.4, 0.5) is 0 Å². The number of nitrogens with one attached hydrogen (secondary N) is 2. The molecule has 0 fully saturated rings. The first-order chi connectivity index (χ1) is 8.04. The van der Waals surface area contributed by atoms with Crippen LogP contribution in [0.25, 0.3) is 0 Å². The predicted molar refractivity (Wildman–Crippen MR) is 70.7 cm³/mol. The predicted octanol–water partition coefficient (Wildman–Crippen LogP) is 1.03. The third kappa shape index (κ3) is 2.87. The van der Waals surface area contributed by atoms with Crippen molar-refractivity contribution in [3.8, 4) is 0 Å². The first-order valence-electron chi connectivity index (χ1n) is 5.79. The van der Waals surface area contributed by atoms with Crippen LogP contribution in [-0.4, -0.2) is 37.1 Å². The van der Waals surface area contributed by atoms with E-state index in [-0.39, 0.29) is 6.17 Å². The number of hydrogen-bond donors (Lipinski definition) is 2. The topological polar surface area (TPSA) is 52.0 Å². The van der Waals surface area contributed by atoms with Crippen molar-refractivity contribution >= 4 is 11.9 Å². The highest BCUT2D eigenvalue weighted by Crippen LogP contribution is 2.14. The molecule has 0 bridgehead atoms. The Hall–Kier alpha value is -1.78. The van der Waals surface area contributed by atoms with Crippen LogP contribution in [0.1, 0.15) is 20.3 Å². The summed E-state index contributed by atoms with van der Waals surface area (Å²) < 4.78 is 0. The van der Waals surface area contributed by atoms with Gasteiger partial charge in [0, 0.05) is 19.8 Å². The van der Waals surface area contributed by atoms with E-state index in [2.05, 4.69) is 39.7 Å². The fourth-order valence-electron chi connectivity index (χ4n) is 1.73. The summed E-state index contributed by atoms with van der Waals surface area (Å²) in [6, 6.07) is 0. The molecule has 1 aliphatic carbocycles. The van der Waals surface area contributed by atoms with E-state index in [1.54, 1.807) is 0 Å². The third-order valence-corrected chi connectivity index (χ3v) is 2.59. The van der Waals surface area contributed by atoms with Crippen LogP contribution in [-0.2, 0) is 0 Å². The molecule has 1 aliphatic heterocycles. The van der Waals surface area contributed by atoms with E-state index in [1.165, 1.54) is 5.57 Å². The lowest BCUT2D eigenvalue weighted by atomic mass is 10.3. The van der Waals surface area contributed by atoms with E-state index in [4.69, 9.17) is 0 Å². The molecule has 1 heterocycles. The molecule has 1 atom stereocenters. The van der Waals surface area contributed by atoms with Crippen LogP contribution in [0.5, 0.6) is 0 Å². The molecule has 0 radical (unpaired) electrons. The van der Waals surface area contributed by atoms with E-state index < -0.39 is 0 Å². The minimum absolute atomic E-state index is 0.0526. The van der Waals surface area contributed by atoms with Crippen molar-refractivity contribution in [2.45, 2.75) is 26.4 Å². The van der Waals surface area contributed by atoms with Crippen LogP contribution in [0, 0.1) is 0 Å². The summed E-state index contributed by atoms with van der Waals surface area (Å²) in [7, 11) is 3.92. The second-order valence-electron chi connectivity index (χ2n) is 4.56. The molecule has 17 heavy (non-hydrogen) atoms. The molecular weight excluding hydrogens is 214 g/mol. The molecule has 2 aliphatic rings. The van der Waals surface area contributed by atoms with Crippen molar-refractivity contribution in [2.24, 2.45) is 9.98 Å². The van der Waals surface area contributed by atoms with Gasteiger partial charge < -0.3 is 10.2 Å². The molecule has 0 spiro atoms. The number of nitrogens with zero attached hydrogens (tertiary/aromatic N) is 3. The second-order valence-corrected chi connectivity index (χ2v) is 4.56. The van der Waals surface area contributed by atoms with Crippen LogP contribution in [0.3, 0.4) is 0 Å². The zero-order valence-electron chi connectivity index (χ0n) is 10.8. The van der Waals surface area contributed by atoms with Crippen LogP contribution >= 0.6 is 0 Å². The molecule has 1 unspecified atom stereocenters. The van der Waals surface area contributed by atoms with E-state index >= 15 is 0 Å². The maximum absolute atomic E-state index is 4.41. The molecule has 0 aromatic rings. The summed E-state index contributed by atoms with van der Waals surface area (Å²) in [6.45, 7) is 4.09. The Bertz CT molecular complexity index is 428. The molecule has 0 aromatic heterocycles. The Balaban J connectivity index is 2.03. The summed E-state index contributed by atoms with van der Waals surface area (Å²) >= 11 is 0. The molecular formula is C12H19N5. The Morgan fingerprint density at radius 2 is 2.18 bits per heavy atom. The molecule has 2 N–H and O–H groups in total. The van der Waals surface area contributed by atoms with Gasteiger partial charge in [-0.25, -0.2) is 9.98 Å². The average Bonchev–Trinajstić information content (AvgIpc) is 2.63. The largest absolute Gasteiger partial charge is 0.349 e. The van der Waals surface area contributed by atoms with Gasteiger partial charge in [-0.05, 0) is 26.3 Å². The zero-order valence-corrected chi connectivity index (χ0v) is 10.8. The van der Waals surface area contributed by atoms with Gasteiger partial charge in [0.15, 0.2) is 0 Å². The fraction of sp³-hybridized carbons (Fsp3) is 0.500. The Morgan fingerprint density at radius 1 is 1.41 bits per heavy atom. The van der Waals surface area contributed by atoms with E-state index in [0.717, 1.165) is 24.0 Å². The summed E-state index contributed by atoms with van der Waals surface area (Å²) in [5.74, 6) is 1.59. The lowest BCUT2D eigenvalue weighted by molar-refractivity contribution is 0.580. The highest BCUT2D eigenvalue weighted by molar-refractivity contribution is 6.00. The smallest absolute Gasteiger partial charge is 0.204 e. The Kier molecular flexibility index (Phi) is 3.17. The van der Waals surface area contributed by atoms with Crippen molar-refractivity contribution in [3.05, 3.63) is 23.4 Å². The van der Waals surface area contributed by atoms with Crippen molar-refractivity contribution in [2.75, 3.05) is 14.1 Å². The van der Waals surface area contributed by atoms with Gasteiger partial charge in [-0.15, -0.1) is 0 Å². The molecule has 2 rings (SSSR count). The Labute approximate surface area is 102 Å². The quantitative estimate of drug-likeness (QED) is 0.711. The van der Waals surface area contributed by atoms with E-state index in [1.807, 2.05) is 25.9 Å². The number of aliphatic imine (C=N–C) groups is 2. The monoisotopic (exact) mass is 233 g/mol. The van der Waals surface area contributed by atoms with Crippen LogP contribution in [0.15, 0.2) is 33.4 Å². The van der Waals surface area contributed by atoms with Crippen molar-refractivity contribution in [3.63, 3.8) is 0 Å². The molecule has 0 amide bonds. The summed E-state index contributed by atoms with van der Waals surface area (Å²) in [5, 5.41) is 6.45. The molecule has 0 saturated heterocycles. The van der Waals surface area contributed by atoms with Crippen molar-refractivity contribution in [1.82, 2.24) is 15.5 Å². The minimum Gasteiger partial charge on any atom is -0.349 e. The van der Waals surface area contributed by atoms with E-state index in [0.29, 0.717) is 0 Å². The lowest BCUT2D eigenvalue weighted by Gasteiger charge is -2.24. The lowest BCUT2D eigenvalue weighted by Crippen LogP contribution is -2.49. The first-order valence-corrected chi connectivity index (χ1v) is 5.79. The van der Waals surface area contributed by atoms with Gasteiger partial charge in [-0.2, -0.15) is 0 Å². The highest BCUT2D eigenvalue weighted by Gasteiger charge is 2.15. The maximum atomic E-state index is 4.41. The van der Waals surface area contributed by atoms with Gasteiger partial charge in [0.1, 0.15) is 6.17 Å². The summed E-state index contributed by atoms with van der Waals surface area (Å²) in [6.07, 6.45) is 5.25. The SMILES string of the molecule is CC1=CC(NC2=NC(C)N=C(N(C)C)N2)=CC1. The van der Waals surface area contributed by atoms with Crippen LogP contribution in [0.2, 0.25) is 0 Å². The average molecular weight is 233 g/mol. The summed E-state index contributed by atoms with van der Waals surface area (Å²) in [4.78, 5) is 10.7. The Morgan fingerprint density at radius 3 is 2.76 bits per heavy atom. The standard InChI is InChI=1S/C12H19N5/c1-8-5-6-10(7-8)15-11-13-9(2)14-12(16-11)17(3)4/h6-7,9H,5H2,1-4H3,(H2,13,14,15,16). The van der Waals surface area contributed by atoms with E-state index in [9.17, 15) is 0 Å². The molecule has 5 heteroatoms. The van der Waals surface area contributed by atoms with Crippen LogP contribution < -0.4 is 10.6 Å². The van der Waals surface area contributed by atoms with Gasteiger partial charge in [-0.3, -0.25) is 5.32 Å². The van der Waals surface area contributed by atoms with Gasteiger partial charge in [0.05, 0.1) is 0 Å². The van der Waals surface area contributed by atoms with Gasteiger partial charge in [-0.1, -0.05) is 11.6 Å². The van der Waals surface area contributed by atoms with Gasteiger partial charge in [0.2, 0.25) is 11.9 Å². The maximum Gasteiger partial charge on any atom is 0.204 e. The van der Waals surface area contributed by atoms with Gasteiger partial charge >= 0.3 is 0 Å². The molecule has 92 valence electrons. The molecule has 0 aromatic carbocycles. The molecule has 0 saturated carbocycles. The number of rotatable bonds is 1. The summed E-state index contributed by atoms with van der Waals surface area (Å²) in [5.41, 5.74) is 2.46. The third-order valence-electron chi connectivity index (χ3n) is 2.59. The van der Waals surface area contributed by atoms with Crippen molar-refractivity contribution in [1.29, 1.82) is 0 Å². The fourth-order valence-corrected chi connectivity index (χ4v) is 1.73. The molecule has 5 nitrogen and oxygen atoms in total. The number of guanidine groups is 2. The number of allylic oxidation sites excluding steroid dienone is 3. The minimum atomic E-state index is -0.0526. The first kappa shape index (κ1) is 11.7. The highest BCUT2D eigenvalue weighted by atomic mass is 15.4. The van der Waals surface area contributed by atoms with Gasteiger partial charge in [0.25, 0.3) is 0 Å². The zero-order chi connectivity index (χ0) is 12.4. The second kappa shape index (κ2) is 4.61.